The third-order valence-electron chi connectivity index (χ3n) is 4.28. The van der Waals surface area contributed by atoms with E-state index in [0.29, 0.717) is 5.41 Å². The molecular formula is C13H23BrO. The van der Waals surface area contributed by atoms with Gasteiger partial charge in [0, 0.05) is 18.5 Å². The molecule has 1 saturated carbocycles. The van der Waals surface area contributed by atoms with Crippen LogP contribution in [0.25, 0.3) is 0 Å². The maximum Gasteiger partial charge on any atom is 0.0471 e. The number of halogens is 1. The van der Waals surface area contributed by atoms with E-state index in [1.54, 1.807) is 0 Å². The van der Waals surface area contributed by atoms with Gasteiger partial charge >= 0.3 is 0 Å². The molecule has 1 nitrogen and oxygen atoms in total. The fraction of sp³-hybridized carbons (Fsp3) is 1.00. The van der Waals surface area contributed by atoms with Gasteiger partial charge in [0.05, 0.1) is 0 Å². The van der Waals surface area contributed by atoms with E-state index in [2.05, 4.69) is 15.9 Å². The van der Waals surface area contributed by atoms with Gasteiger partial charge in [0.25, 0.3) is 0 Å². The topological polar surface area (TPSA) is 9.23 Å². The number of rotatable bonds is 3. The largest absolute Gasteiger partial charge is 0.381 e. The van der Waals surface area contributed by atoms with E-state index in [1.165, 1.54) is 56.7 Å². The van der Waals surface area contributed by atoms with Crippen molar-refractivity contribution in [3.8, 4) is 0 Å². The Hall–Kier alpha value is 0.440. The van der Waals surface area contributed by atoms with Gasteiger partial charge in [-0.25, -0.2) is 0 Å². The molecule has 0 amide bonds. The molecule has 0 spiro atoms. The predicted octanol–water partition coefficient (Wildman–Crippen LogP) is 4.15. The number of ether oxygens (including phenoxy) is 1. The first kappa shape index (κ1) is 11.9. The standard InChI is InChI=1S/C13H23BrO/c14-11-13(6-8-15-9-7-13)10-12-4-2-1-3-5-12/h12H,1-11H2. The lowest BCUT2D eigenvalue weighted by Gasteiger charge is -2.39. The average molecular weight is 275 g/mol. The molecular weight excluding hydrogens is 252 g/mol. The summed E-state index contributed by atoms with van der Waals surface area (Å²) in [6.45, 7) is 1.97. The Morgan fingerprint density at radius 2 is 1.73 bits per heavy atom. The molecule has 0 aromatic carbocycles. The first-order valence-corrected chi connectivity index (χ1v) is 7.61. The molecule has 2 fully saturated rings. The molecule has 1 heterocycles. The highest BCUT2D eigenvalue weighted by atomic mass is 79.9. The van der Waals surface area contributed by atoms with Crippen molar-refractivity contribution < 1.29 is 4.74 Å². The Bertz CT molecular complexity index is 181. The fourth-order valence-electron chi connectivity index (χ4n) is 3.20. The van der Waals surface area contributed by atoms with Crippen LogP contribution in [0.2, 0.25) is 0 Å². The van der Waals surface area contributed by atoms with Gasteiger partial charge in [-0.3, -0.25) is 0 Å². The highest BCUT2D eigenvalue weighted by Crippen LogP contribution is 2.42. The van der Waals surface area contributed by atoms with Gasteiger partial charge in [0.2, 0.25) is 0 Å². The number of hydrogen-bond donors (Lipinski definition) is 0. The number of alkyl halides is 1. The number of hydrogen-bond acceptors (Lipinski definition) is 1. The van der Waals surface area contributed by atoms with Crippen LogP contribution in [0, 0.1) is 11.3 Å². The van der Waals surface area contributed by atoms with Crippen LogP contribution in [-0.4, -0.2) is 18.5 Å². The maximum atomic E-state index is 5.49. The van der Waals surface area contributed by atoms with Crippen LogP contribution in [0.1, 0.15) is 51.4 Å². The quantitative estimate of drug-likeness (QED) is 0.703. The third kappa shape index (κ3) is 3.20. The Morgan fingerprint density at radius 1 is 1.07 bits per heavy atom. The van der Waals surface area contributed by atoms with E-state index in [9.17, 15) is 0 Å². The molecule has 0 bridgehead atoms. The molecule has 0 atom stereocenters. The van der Waals surface area contributed by atoms with E-state index in [1.807, 2.05) is 0 Å². The minimum atomic E-state index is 0.570. The van der Waals surface area contributed by atoms with E-state index in [4.69, 9.17) is 4.74 Å². The second kappa shape index (κ2) is 5.67. The van der Waals surface area contributed by atoms with E-state index in [-0.39, 0.29) is 0 Å². The molecule has 2 rings (SSSR count). The monoisotopic (exact) mass is 274 g/mol. The molecule has 1 aliphatic heterocycles. The minimum absolute atomic E-state index is 0.570. The van der Waals surface area contributed by atoms with Gasteiger partial charge in [-0.05, 0) is 30.6 Å². The van der Waals surface area contributed by atoms with Crippen LogP contribution >= 0.6 is 15.9 Å². The maximum absolute atomic E-state index is 5.49. The highest BCUT2D eigenvalue weighted by molar-refractivity contribution is 9.09. The zero-order valence-electron chi connectivity index (χ0n) is 9.64. The first-order valence-electron chi connectivity index (χ1n) is 6.48. The van der Waals surface area contributed by atoms with Crippen LogP contribution in [0.4, 0.5) is 0 Å². The summed E-state index contributed by atoms with van der Waals surface area (Å²) < 4.78 is 5.49. The molecule has 0 aromatic rings. The normalized spacial score (nSPS) is 27.8. The van der Waals surface area contributed by atoms with Crippen LogP contribution in [0.3, 0.4) is 0 Å². The summed E-state index contributed by atoms with van der Waals surface area (Å²) in [7, 11) is 0. The Balaban J connectivity index is 1.87. The molecule has 2 aliphatic rings. The van der Waals surface area contributed by atoms with Gasteiger partial charge in [0.1, 0.15) is 0 Å². The third-order valence-corrected chi connectivity index (χ3v) is 5.47. The average Bonchev–Trinajstić information content (AvgIpc) is 2.32. The molecule has 15 heavy (non-hydrogen) atoms. The van der Waals surface area contributed by atoms with Crippen molar-refractivity contribution >= 4 is 15.9 Å². The van der Waals surface area contributed by atoms with Crippen molar-refractivity contribution in [3.63, 3.8) is 0 Å². The second-order valence-electron chi connectivity index (χ2n) is 5.45. The van der Waals surface area contributed by atoms with Gasteiger partial charge < -0.3 is 4.74 Å². The molecule has 0 N–H and O–H groups in total. The summed E-state index contributed by atoms with van der Waals surface area (Å²) in [4.78, 5) is 0. The first-order chi connectivity index (χ1) is 7.35. The molecule has 2 heteroatoms. The molecule has 88 valence electrons. The molecule has 0 radical (unpaired) electrons. The van der Waals surface area contributed by atoms with Gasteiger partial charge in [-0.2, -0.15) is 0 Å². The SMILES string of the molecule is BrCC1(CC2CCCCC2)CCOCC1. The Morgan fingerprint density at radius 3 is 2.33 bits per heavy atom. The zero-order chi connectivity index (χ0) is 10.6. The van der Waals surface area contributed by atoms with E-state index in [0.717, 1.165) is 19.1 Å². The summed E-state index contributed by atoms with van der Waals surface area (Å²) in [5.74, 6) is 1.01. The zero-order valence-corrected chi connectivity index (χ0v) is 11.2. The van der Waals surface area contributed by atoms with Gasteiger partial charge in [0.15, 0.2) is 0 Å². The molecule has 0 unspecified atom stereocenters. The lowest BCUT2D eigenvalue weighted by atomic mass is 9.71. The lowest BCUT2D eigenvalue weighted by Crippen LogP contribution is -2.33. The van der Waals surface area contributed by atoms with E-state index >= 15 is 0 Å². The van der Waals surface area contributed by atoms with Crippen LogP contribution in [0.15, 0.2) is 0 Å². The van der Waals surface area contributed by atoms with Gasteiger partial charge in [-0.15, -0.1) is 0 Å². The van der Waals surface area contributed by atoms with Crippen molar-refractivity contribution in [2.45, 2.75) is 51.4 Å². The van der Waals surface area contributed by atoms with Crippen LogP contribution in [-0.2, 0) is 4.74 Å². The summed E-state index contributed by atoms with van der Waals surface area (Å²) in [5, 5.41) is 1.18. The van der Waals surface area contributed by atoms with Crippen molar-refractivity contribution in [3.05, 3.63) is 0 Å². The minimum Gasteiger partial charge on any atom is -0.381 e. The summed E-state index contributed by atoms with van der Waals surface area (Å²) >= 11 is 3.74. The smallest absolute Gasteiger partial charge is 0.0471 e. The predicted molar refractivity (Wildman–Crippen MR) is 67.5 cm³/mol. The molecule has 1 saturated heterocycles. The fourth-order valence-corrected chi connectivity index (χ4v) is 3.99. The van der Waals surface area contributed by atoms with E-state index < -0.39 is 0 Å². The second-order valence-corrected chi connectivity index (χ2v) is 6.01. The van der Waals surface area contributed by atoms with Crippen molar-refractivity contribution in [1.82, 2.24) is 0 Å². The summed E-state index contributed by atoms with van der Waals surface area (Å²) in [5.41, 5.74) is 0.570. The Labute approximate surface area is 102 Å². The lowest BCUT2D eigenvalue weighted by molar-refractivity contribution is 0.0120. The molecule has 1 aliphatic carbocycles. The van der Waals surface area contributed by atoms with Crippen LogP contribution in [0.5, 0.6) is 0 Å². The van der Waals surface area contributed by atoms with Crippen LogP contribution < -0.4 is 0 Å². The van der Waals surface area contributed by atoms with Crippen molar-refractivity contribution in [2.75, 3.05) is 18.5 Å². The highest BCUT2D eigenvalue weighted by Gasteiger charge is 2.34. The Kier molecular flexibility index (Phi) is 4.51. The summed E-state index contributed by atoms with van der Waals surface area (Å²) in [6, 6.07) is 0. The summed E-state index contributed by atoms with van der Waals surface area (Å²) in [6.07, 6.45) is 11.4. The molecule has 0 aromatic heterocycles. The van der Waals surface area contributed by atoms with Crippen molar-refractivity contribution in [1.29, 1.82) is 0 Å². The van der Waals surface area contributed by atoms with Gasteiger partial charge in [-0.1, -0.05) is 48.0 Å². The van der Waals surface area contributed by atoms with Crippen molar-refractivity contribution in [2.24, 2.45) is 11.3 Å².